The van der Waals surface area contributed by atoms with E-state index in [2.05, 4.69) is 34.6 Å². The van der Waals surface area contributed by atoms with Crippen LogP contribution in [0.5, 0.6) is 0 Å². The van der Waals surface area contributed by atoms with Gasteiger partial charge in [0.1, 0.15) is 5.78 Å². The third-order valence-corrected chi connectivity index (χ3v) is 11.3. The van der Waals surface area contributed by atoms with Gasteiger partial charge in [-0.2, -0.15) is 0 Å². The fourth-order valence-corrected chi connectivity index (χ4v) is 9.69. The highest BCUT2D eigenvalue weighted by Gasteiger charge is 2.63. The number of carbonyl (C=O) groups is 2. The first kappa shape index (κ1) is 23.3. The summed E-state index contributed by atoms with van der Waals surface area (Å²) in [6.07, 6.45) is 12.0. The lowest BCUT2D eigenvalue weighted by atomic mass is 9.37. The highest BCUT2D eigenvalue weighted by atomic mass is 16.5. The molecule has 0 aromatic rings. The average molecular weight is 431 g/mol. The van der Waals surface area contributed by atoms with Gasteiger partial charge in [-0.05, 0) is 91.8 Å². The van der Waals surface area contributed by atoms with Crippen LogP contribution in [0.25, 0.3) is 0 Å². The number of hydrogen-bond acceptors (Lipinski definition) is 3. The second-order valence-corrected chi connectivity index (χ2v) is 12.7. The minimum atomic E-state index is -0.138. The van der Waals surface area contributed by atoms with Gasteiger partial charge in [-0.25, -0.2) is 0 Å². The Kier molecular flexibility index (Phi) is 6.14. The lowest BCUT2D eigenvalue weighted by Crippen LogP contribution is -2.61. The number of esters is 1. The molecule has 0 radical (unpaired) electrons. The van der Waals surface area contributed by atoms with E-state index >= 15 is 0 Å². The molecule has 3 nitrogen and oxygen atoms in total. The van der Waals surface area contributed by atoms with Crippen molar-refractivity contribution in [2.75, 3.05) is 6.61 Å². The predicted octanol–water partition coefficient (Wildman–Crippen LogP) is 6.83. The third-order valence-electron chi connectivity index (χ3n) is 11.3. The standard InChI is InChI=1S/C28H46O3/c1-7-8-22-20-9-10-25-27(5)16-13-24(30)18(2)21(27)12-15-28(25,6)23(20)11-14-26(22,4)17-31-19(3)29/h18,20-23,25H,7-17H2,1-6H3. The molecule has 31 heavy (non-hydrogen) atoms. The van der Waals surface area contributed by atoms with Gasteiger partial charge in [-0.1, -0.05) is 41.0 Å². The Labute approximate surface area is 190 Å². The van der Waals surface area contributed by atoms with E-state index in [0.717, 1.165) is 30.6 Å². The maximum absolute atomic E-state index is 12.5. The van der Waals surface area contributed by atoms with Crippen molar-refractivity contribution >= 4 is 11.8 Å². The molecule has 4 fully saturated rings. The van der Waals surface area contributed by atoms with Crippen LogP contribution in [0.3, 0.4) is 0 Å². The summed E-state index contributed by atoms with van der Waals surface area (Å²) in [4.78, 5) is 24.1. The van der Waals surface area contributed by atoms with E-state index in [4.69, 9.17) is 4.74 Å². The Hall–Kier alpha value is -0.860. The van der Waals surface area contributed by atoms with Crippen LogP contribution in [-0.4, -0.2) is 18.4 Å². The lowest BCUT2D eigenvalue weighted by Gasteiger charge is -2.67. The fourth-order valence-electron chi connectivity index (χ4n) is 9.69. The van der Waals surface area contributed by atoms with Crippen LogP contribution in [0, 0.1) is 51.8 Å². The van der Waals surface area contributed by atoms with Gasteiger partial charge in [0.2, 0.25) is 0 Å². The highest BCUT2D eigenvalue weighted by molar-refractivity contribution is 5.82. The van der Waals surface area contributed by atoms with E-state index in [1.807, 2.05) is 0 Å². The molecule has 9 atom stereocenters. The van der Waals surface area contributed by atoms with Crippen molar-refractivity contribution in [1.29, 1.82) is 0 Å². The van der Waals surface area contributed by atoms with Crippen LogP contribution >= 0.6 is 0 Å². The molecule has 4 rings (SSSR count). The molecule has 0 bridgehead atoms. The Morgan fingerprint density at radius 1 is 1.00 bits per heavy atom. The van der Waals surface area contributed by atoms with Crippen LogP contribution < -0.4 is 0 Å². The van der Waals surface area contributed by atoms with Gasteiger partial charge in [-0.15, -0.1) is 0 Å². The summed E-state index contributed by atoms with van der Waals surface area (Å²) in [6, 6.07) is 0. The lowest BCUT2D eigenvalue weighted by molar-refractivity contribution is -0.192. The molecule has 176 valence electrons. The molecular weight excluding hydrogens is 384 g/mol. The molecule has 0 amide bonds. The Balaban J connectivity index is 1.62. The minimum Gasteiger partial charge on any atom is -0.465 e. The molecule has 0 aromatic carbocycles. The molecular formula is C28H46O3. The van der Waals surface area contributed by atoms with Crippen LogP contribution in [0.2, 0.25) is 0 Å². The fraction of sp³-hybridized carbons (Fsp3) is 0.929. The number of hydrogen-bond donors (Lipinski definition) is 0. The first-order chi connectivity index (χ1) is 14.6. The van der Waals surface area contributed by atoms with Crippen molar-refractivity contribution in [2.24, 2.45) is 51.8 Å². The Bertz CT molecular complexity index is 715. The Morgan fingerprint density at radius 2 is 1.68 bits per heavy atom. The third kappa shape index (κ3) is 3.61. The van der Waals surface area contributed by atoms with E-state index in [1.165, 1.54) is 51.4 Å². The molecule has 0 saturated heterocycles. The van der Waals surface area contributed by atoms with Gasteiger partial charge in [0, 0.05) is 24.7 Å². The summed E-state index contributed by atoms with van der Waals surface area (Å²) in [6.45, 7) is 14.3. The maximum Gasteiger partial charge on any atom is 0.302 e. The number of rotatable bonds is 4. The minimum absolute atomic E-state index is 0.124. The van der Waals surface area contributed by atoms with Gasteiger partial charge in [0.25, 0.3) is 0 Å². The molecule has 0 spiro atoms. The van der Waals surface area contributed by atoms with Crippen LogP contribution in [0.4, 0.5) is 0 Å². The van der Waals surface area contributed by atoms with Crippen LogP contribution in [-0.2, 0) is 14.3 Å². The van der Waals surface area contributed by atoms with Crippen molar-refractivity contribution in [2.45, 2.75) is 106 Å². The first-order valence-electron chi connectivity index (χ1n) is 13.2. The zero-order valence-corrected chi connectivity index (χ0v) is 21.0. The zero-order valence-electron chi connectivity index (χ0n) is 21.0. The van der Waals surface area contributed by atoms with Crippen molar-refractivity contribution in [3.05, 3.63) is 0 Å². The summed E-state index contributed by atoms with van der Waals surface area (Å²) < 4.78 is 5.61. The van der Waals surface area contributed by atoms with E-state index in [9.17, 15) is 9.59 Å². The van der Waals surface area contributed by atoms with Crippen molar-refractivity contribution in [1.82, 2.24) is 0 Å². The van der Waals surface area contributed by atoms with E-state index in [0.29, 0.717) is 35.1 Å². The van der Waals surface area contributed by atoms with Gasteiger partial charge in [0.15, 0.2) is 0 Å². The molecule has 0 N–H and O–H groups in total. The maximum atomic E-state index is 12.5. The monoisotopic (exact) mass is 430 g/mol. The second kappa shape index (κ2) is 8.17. The van der Waals surface area contributed by atoms with Crippen LogP contribution in [0.1, 0.15) is 106 Å². The SMILES string of the molecule is CCCC1C2CCC3C4(C)CCC(=O)C(C)C4CCC3(C)C2CCC1(C)COC(C)=O. The summed E-state index contributed by atoms with van der Waals surface area (Å²) >= 11 is 0. The van der Waals surface area contributed by atoms with Gasteiger partial charge >= 0.3 is 5.97 Å². The summed E-state index contributed by atoms with van der Waals surface area (Å²) in [7, 11) is 0. The quantitative estimate of drug-likeness (QED) is 0.459. The molecule has 9 unspecified atom stereocenters. The topological polar surface area (TPSA) is 43.4 Å². The number of carbonyl (C=O) groups excluding carboxylic acids is 2. The van der Waals surface area contributed by atoms with Gasteiger partial charge in [-0.3, -0.25) is 9.59 Å². The molecule has 0 heterocycles. The molecule has 0 aliphatic heterocycles. The van der Waals surface area contributed by atoms with Crippen molar-refractivity contribution < 1.29 is 14.3 Å². The smallest absolute Gasteiger partial charge is 0.302 e. The highest BCUT2D eigenvalue weighted by Crippen LogP contribution is 2.70. The largest absolute Gasteiger partial charge is 0.465 e. The Morgan fingerprint density at radius 3 is 2.35 bits per heavy atom. The number of ether oxygens (including phenoxy) is 1. The molecule has 4 aliphatic rings. The normalized spacial score (nSPS) is 49.5. The molecule has 4 saturated carbocycles. The zero-order chi connectivity index (χ0) is 22.6. The van der Waals surface area contributed by atoms with Crippen molar-refractivity contribution in [3.8, 4) is 0 Å². The van der Waals surface area contributed by atoms with Gasteiger partial charge < -0.3 is 4.74 Å². The predicted molar refractivity (Wildman–Crippen MR) is 124 cm³/mol. The number of ketones is 1. The number of Topliss-reactive ketones (excluding diaryl/α,β-unsaturated/α-hetero) is 1. The van der Waals surface area contributed by atoms with E-state index in [1.54, 1.807) is 6.92 Å². The second-order valence-electron chi connectivity index (χ2n) is 12.7. The summed E-state index contributed by atoms with van der Waals surface area (Å²) in [5.74, 6) is 4.20. The van der Waals surface area contributed by atoms with E-state index < -0.39 is 0 Å². The number of fused-ring (bicyclic) bond motifs is 5. The van der Waals surface area contributed by atoms with Gasteiger partial charge in [0.05, 0.1) is 6.61 Å². The van der Waals surface area contributed by atoms with Crippen molar-refractivity contribution in [3.63, 3.8) is 0 Å². The van der Waals surface area contributed by atoms with Crippen LogP contribution in [0.15, 0.2) is 0 Å². The first-order valence-corrected chi connectivity index (χ1v) is 13.2. The molecule has 3 heteroatoms. The van der Waals surface area contributed by atoms with E-state index in [-0.39, 0.29) is 17.3 Å². The molecule has 0 aromatic heterocycles. The molecule has 4 aliphatic carbocycles. The summed E-state index contributed by atoms with van der Waals surface area (Å²) in [5, 5.41) is 0. The average Bonchev–Trinajstić information content (AvgIpc) is 2.71. The summed E-state index contributed by atoms with van der Waals surface area (Å²) in [5.41, 5.74) is 0.867.